The largest absolute Gasteiger partial charge is 0.476 e. The van der Waals surface area contributed by atoms with Crippen molar-refractivity contribution in [1.82, 2.24) is 25.0 Å². The molecule has 0 aliphatic carbocycles. The summed E-state index contributed by atoms with van der Waals surface area (Å²) in [5, 5.41) is 12.8. The molecule has 0 saturated heterocycles. The molecule has 0 bridgehead atoms. The number of hydrogen-bond acceptors (Lipinski definition) is 6. The number of carboxylic acids is 1. The molecule has 108 valence electrons. The second-order valence-electron chi connectivity index (χ2n) is 4.22. The van der Waals surface area contributed by atoms with Gasteiger partial charge in [-0.05, 0) is 13.1 Å². The number of H-pyrrole nitrogens is 1. The van der Waals surface area contributed by atoms with Crippen LogP contribution in [0.25, 0.3) is 11.6 Å². The maximum atomic E-state index is 11.0. The van der Waals surface area contributed by atoms with E-state index in [1.165, 1.54) is 6.33 Å². The molecular formula is C12H17N5O3. The van der Waals surface area contributed by atoms with Gasteiger partial charge >= 0.3 is 5.97 Å². The van der Waals surface area contributed by atoms with Crippen LogP contribution in [0.5, 0.6) is 0 Å². The van der Waals surface area contributed by atoms with Crippen LogP contribution < -0.4 is 0 Å². The lowest BCUT2D eigenvalue weighted by Crippen LogP contribution is -2.25. The molecule has 20 heavy (non-hydrogen) atoms. The Labute approximate surface area is 115 Å². The molecule has 2 N–H and O–H groups in total. The average Bonchev–Trinajstić information content (AvgIpc) is 3.08. The van der Waals surface area contributed by atoms with Crippen molar-refractivity contribution in [3.8, 4) is 11.6 Å². The number of aromatic carboxylic acids is 1. The lowest BCUT2D eigenvalue weighted by Gasteiger charge is -2.16. The van der Waals surface area contributed by atoms with E-state index in [4.69, 9.17) is 9.63 Å². The summed E-state index contributed by atoms with van der Waals surface area (Å²) in [4.78, 5) is 23.8. The second kappa shape index (κ2) is 6.29. The summed E-state index contributed by atoms with van der Waals surface area (Å²) in [6, 6.07) is 0. The fourth-order valence-corrected chi connectivity index (χ4v) is 1.87. The van der Waals surface area contributed by atoms with Crippen LogP contribution in [0, 0.1) is 0 Å². The fraction of sp³-hybridized carbons (Fsp3) is 0.500. The van der Waals surface area contributed by atoms with Crippen LogP contribution in [0.2, 0.25) is 0 Å². The zero-order valence-corrected chi connectivity index (χ0v) is 11.5. The first kappa shape index (κ1) is 14.2. The minimum atomic E-state index is -1.14. The minimum absolute atomic E-state index is 0.121. The van der Waals surface area contributed by atoms with Crippen molar-refractivity contribution >= 4 is 5.97 Å². The zero-order valence-electron chi connectivity index (χ0n) is 11.5. The number of nitrogens with one attached hydrogen (secondary N) is 1. The van der Waals surface area contributed by atoms with Crippen LogP contribution in [0.4, 0.5) is 0 Å². The number of carboxylic acid groups (broad SMARTS) is 1. The Morgan fingerprint density at radius 2 is 2.20 bits per heavy atom. The number of likely N-dealkylation sites (N-methyl/N-ethyl adjacent to an activating group) is 1. The van der Waals surface area contributed by atoms with E-state index in [2.05, 4.69) is 38.9 Å². The molecule has 0 radical (unpaired) electrons. The van der Waals surface area contributed by atoms with E-state index in [-0.39, 0.29) is 17.3 Å². The smallest absolute Gasteiger partial charge is 0.356 e. The Hall–Kier alpha value is -2.22. The van der Waals surface area contributed by atoms with Crippen LogP contribution in [0.1, 0.15) is 30.2 Å². The number of aromatic amines is 1. The average molecular weight is 279 g/mol. The molecule has 0 spiro atoms. The Morgan fingerprint density at radius 1 is 1.45 bits per heavy atom. The number of hydrogen-bond donors (Lipinski definition) is 2. The molecule has 0 aliphatic rings. The van der Waals surface area contributed by atoms with E-state index in [9.17, 15) is 4.79 Å². The minimum Gasteiger partial charge on any atom is -0.476 e. The first-order valence-corrected chi connectivity index (χ1v) is 6.47. The third-order valence-electron chi connectivity index (χ3n) is 3.07. The quantitative estimate of drug-likeness (QED) is 0.779. The highest BCUT2D eigenvalue weighted by Crippen LogP contribution is 2.18. The van der Waals surface area contributed by atoms with Gasteiger partial charge in [-0.3, -0.25) is 0 Å². The van der Waals surface area contributed by atoms with Crippen LogP contribution >= 0.6 is 0 Å². The maximum absolute atomic E-state index is 11.0. The van der Waals surface area contributed by atoms with Gasteiger partial charge in [0, 0.05) is 13.0 Å². The summed E-state index contributed by atoms with van der Waals surface area (Å²) in [5.41, 5.74) is 0.114. The summed E-state index contributed by atoms with van der Waals surface area (Å²) in [5.74, 6) is -0.434. The SMILES string of the molecule is CCN(CC)CCc1noc(-c2[nH]cnc2C(=O)O)n1. The monoisotopic (exact) mass is 279 g/mol. The van der Waals surface area contributed by atoms with Gasteiger partial charge in [-0.2, -0.15) is 4.98 Å². The molecule has 0 atom stereocenters. The van der Waals surface area contributed by atoms with Crippen molar-refractivity contribution < 1.29 is 14.4 Å². The summed E-state index contributed by atoms with van der Waals surface area (Å²) in [6.45, 7) is 6.94. The van der Waals surface area contributed by atoms with Crippen molar-refractivity contribution in [2.24, 2.45) is 0 Å². The maximum Gasteiger partial charge on any atom is 0.356 e. The van der Waals surface area contributed by atoms with Crippen molar-refractivity contribution in [1.29, 1.82) is 0 Å². The van der Waals surface area contributed by atoms with Crippen LogP contribution in [-0.2, 0) is 6.42 Å². The molecule has 0 unspecified atom stereocenters. The lowest BCUT2D eigenvalue weighted by atomic mass is 10.3. The van der Waals surface area contributed by atoms with Crippen molar-refractivity contribution in [3.05, 3.63) is 17.8 Å². The van der Waals surface area contributed by atoms with Gasteiger partial charge in [0.1, 0.15) is 5.69 Å². The molecule has 2 heterocycles. The van der Waals surface area contributed by atoms with Gasteiger partial charge in [-0.1, -0.05) is 19.0 Å². The van der Waals surface area contributed by atoms with Crippen LogP contribution in [-0.4, -0.2) is 55.7 Å². The first-order valence-electron chi connectivity index (χ1n) is 6.47. The molecule has 0 aromatic carbocycles. The highest BCUT2D eigenvalue weighted by atomic mass is 16.5. The van der Waals surface area contributed by atoms with Crippen LogP contribution in [0.3, 0.4) is 0 Å². The number of aromatic nitrogens is 4. The molecule has 0 fully saturated rings. The van der Waals surface area contributed by atoms with Crippen molar-refractivity contribution in [2.75, 3.05) is 19.6 Å². The molecular weight excluding hydrogens is 262 g/mol. The first-order chi connectivity index (χ1) is 9.65. The third kappa shape index (κ3) is 3.02. The van der Waals surface area contributed by atoms with Crippen molar-refractivity contribution in [2.45, 2.75) is 20.3 Å². The number of nitrogens with zero attached hydrogens (tertiary/aromatic N) is 4. The molecule has 2 aromatic heterocycles. The summed E-state index contributed by atoms with van der Waals surface area (Å²) >= 11 is 0. The van der Waals surface area contributed by atoms with Gasteiger partial charge in [0.15, 0.2) is 11.5 Å². The van der Waals surface area contributed by atoms with Gasteiger partial charge in [0.05, 0.1) is 6.33 Å². The van der Waals surface area contributed by atoms with E-state index in [0.29, 0.717) is 12.2 Å². The molecule has 0 saturated carbocycles. The van der Waals surface area contributed by atoms with E-state index in [0.717, 1.165) is 19.6 Å². The molecule has 2 aromatic rings. The van der Waals surface area contributed by atoms with Gasteiger partial charge in [0.2, 0.25) is 0 Å². The standard InChI is InChI=1S/C12H17N5O3/c1-3-17(4-2)6-5-8-15-11(20-16-8)9-10(12(18)19)14-7-13-9/h7H,3-6H2,1-2H3,(H,13,14)(H,18,19). The fourth-order valence-electron chi connectivity index (χ4n) is 1.87. The number of carbonyl (C=O) groups is 1. The normalized spacial score (nSPS) is 11.2. The Balaban J connectivity index is 2.09. The van der Waals surface area contributed by atoms with Gasteiger partial charge in [0.25, 0.3) is 5.89 Å². The zero-order chi connectivity index (χ0) is 14.5. The van der Waals surface area contributed by atoms with E-state index in [1.54, 1.807) is 0 Å². The summed E-state index contributed by atoms with van der Waals surface area (Å²) < 4.78 is 5.09. The van der Waals surface area contributed by atoms with Gasteiger partial charge in [-0.25, -0.2) is 9.78 Å². The molecule has 0 aliphatic heterocycles. The summed E-state index contributed by atoms with van der Waals surface area (Å²) in [6.07, 6.45) is 1.94. The van der Waals surface area contributed by atoms with Gasteiger partial charge in [-0.15, -0.1) is 0 Å². The highest BCUT2D eigenvalue weighted by molar-refractivity contribution is 5.91. The molecule has 2 rings (SSSR count). The number of rotatable bonds is 7. The summed E-state index contributed by atoms with van der Waals surface area (Å²) in [7, 11) is 0. The predicted molar refractivity (Wildman–Crippen MR) is 70.3 cm³/mol. The lowest BCUT2D eigenvalue weighted by molar-refractivity contribution is 0.0691. The second-order valence-corrected chi connectivity index (χ2v) is 4.22. The Kier molecular flexibility index (Phi) is 4.46. The van der Waals surface area contributed by atoms with Crippen molar-refractivity contribution in [3.63, 3.8) is 0 Å². The highest BCUT2D eigenvalue weighted by Gasteiger charge is 2.20. The topological polar surface area (TPSA) is 108 Å². The number of imidazole rings is 1. The Bertz CT molecular complexity index is 573. The van der Waals surface area contributed by atoms with E-state index < -0.39 is 5.97 Å². The van der Waals surface area contributed by atoms with E-state index in [1.807, 2.05) is 0 Å². The molecule has 8 heteroatoms. The third-order valence-corrected chi connectivity index (χ3v) is 3.07. The van der Waals surface area contributed by atoms with Gasteiger partial charge < -0.3 is 19.5 Å². The van der Waals surface area contributed by atoms with Crippen LogP contribution in [0.15, 0.2) is 10.9 Å². The molecule has 8 nitrogen and oxygen atoms in total. The Morgan fingerprint density at radius 3 is 2.85 bits per heavy atom. The molecule has 0 amide bonds. The van der Waals surface area contributed by atoms with E-state index >= 15 is 0 Å². The predicted octanol–water partition coefficient (Wildman–Crippen LogP) is 1.04.